The standard InChI is InChI=1S/C20H15BBrClNO3/c22-13-4-7-15-17(11-13)24-16(8-3-12-1-5-14(23)6-2-12)19(15)20(27)21-10-9-18(25)26/h1-8,11,24H,9-10H2,(H,25,26)/b8-3+. The molecule has 7 heteroatoms. The van der Waals surface area contributed by atoms with E-state index in [2.05, 4.69) is 20.9 Å². The van der Waals surface area contributed by atoms with Crippen molar-refractivity contribution in [2.45, 2.75) is 12.7 Å². The Labute approximate surface area is 170 Å². The van der Waals surface area contributed by atoms with E-state index in [9.17, 15) is 9.59 Å². The van der Waals surface area contributed by atoms with Crippen molar-refractivity contribution in [3.05, 3.63) is 68.8 Å². The molecule has 3 rings (SSSR count). The van der Waals surface area contributed by atoms with Crippen LogP contribution in [0.1, 0.15) is 28.0 Å². The van der Waals surface area contributed by atoms with Gasteiger partial charge in [0.05, 0.1) is 0 Å². The van der Waals surface area contributed by atoms with Crippen molar-refractivity contribution in [1.82, 2.24) is 4.98 Å². The second-order valence-electron chi connectivity index (χ2n) is 5.99. The number of carbonyl (C=O) groups is 2. The summed E-state index contributed by atoms with van der Waals surface area (Å²) < 4.78 is 0.901. The lowest BCUT2D eigenvalue weighted by Gasteiger charge is -2.01. The van der Waals surface area contributed by atoms with Crippen LogP contribution >= 0.6 is 27.5 Å². The molecule has 0 aliphatic carbocycles. The zero-order valence-electron chi connectivity index (χ0n) is 14.2. The van der Waals surface area contributed by atoms with Gasteiger partial charge in [0.1, 0.15) is 5.68 Å². The van der Waals surface area contributed by atoms with Crippen molar-refractivity contribution in [2.75, 3.05) is 0 Å². The van der Waals surface area contributed by atoms with Gasteiger partial charge in [0.2, 0.25) is 7.28 Å². The Bertz CT molecular complexity index is 1030. The number of carbonyl (C=O) groups excluding carboxylic acids is 1. The van der Waals surface area contributed by atoms with Crippen LogP contribution in [0.25, 0.3) is 23.1 Å². The van der Waals surface area contributed by atoms with Gasteiger partial charge in [-0.05, 0) is 35.9 Å². The second-order valence-corrected chi connectivity index (χ2v) is 7.34. The lowest BCUT2D eigenvalue weighted by atomic mass is 9.66. The number of nitrogens with one attached hydrogen (secondary N) is 1. The van der Waals surface area contributed by atoms with Crippen molar-refractivity contribution in [2.24, 2.45) is 0 Å². The minimum absolute atomic E-state index is 0.0738. The van der Waals surface area contributed by atoms with E-state index in [1.807, 2.05) is 42.5 Å². The predicted octanol–water partition coefficient (Wildman–Crippen LogP) is 5.49. The molecule has 0 unspecified atom stereocenters. The van der Waals surface area contributed by atoms with Gasteiger partial charge in [-0.1, -0.05) is 58.1 Å². The fraction of sp³-hybridized carbons (Fsp3) is 0.100. The summed E-state index contributed by atoms with van der Waals surface area (Å²) in [4.78, 5) is 26.7. The molecule has 0 aliphatic rings. The van der Waals surface area contributed by atoms with Gasteiger partial charge >= 0.3 is 5.97 Å². The number of benzene rings is 2. The van der Waals surface area contributed by atoms with Gasteiger partial charge < -0.3 is 14.9 Å². The SMILES string of the molecule is O=C(O)CC[B]C(=O)c1c(/C=C/c2ccc(Cl)cc2)[nH]c2cc(Br)ccc12. The van der Waals surface area contributed by atoms with Crippen LogP contribution in [0.5, 0.6) is 0 Å². The molecule has 0 saturated carbocycles. The smallest absolute Gasteiger partial charge is 0.302 e. The van der Waals surface area contributed by atoms with Crippen LogP contribution in [0.3, 0.4) is 0 Å². The molecule has 4 nitrogen and oxygen atoms in total. The first-order valence-electron chi connectivity index (χ1n) is 8.28. The molecule has 0 bridgehead atoms. The molecule has 135 valence electrons. The van der Waals surface area contributed by atoms with Gasteiger partial charge in [-0.15, -0.1) is 0 Å². The molecule has 2 N–H and O–H groups in total. The van der Waals surface area contributed by atoms with Gasteiger partial charge in [-0.25, -0.2) is 0 Å². The minimum Gasteiger partial charge on any atom is -0.481 e. The summed E-state index contributed by atoms with van der Waals surface area (Å²) >= 11 is 9.34. The number of halogens is 2. The first-order chi connectivity index (χ1) is 12.9. The Hall–Kier alpha value is -2.31. The van der Waals surface area contributed by atoms with Crippen LogP contribution in [0, 0.1) is 0 Å². The largest absolute Gasteiger partial charge is 0.481 e. The van der Waals surface area contributed by atoms with E-state index in [1.54, 1.807) is 12.1 Å². The number of H-pyrrole nitrogens is 1. The number of rotatable bonds is 7. The molecule has 0 spiro atoms. The van der Waals surface area contributed by atoms with Crippen molar-refractivity contribution < 1.29 is 14.7 Å². The third kappa shape index (κ3) is 4.90. The summed E-state index contributed by atoms with van der Waals surface area (Å²) in [5.74, 6) is -0.926. The van der Waals surface area contributed by atoms with Crippen LogP contribution in [-0.2, 0) is 4.79 Å². The molecule has 1 heterocycles. The molecule has 1 radical (unpaired) electrons. The number of fused-ring (bicyclic) bond motifs is 1. The third-order valence-corrected chi connectivity index (χ3v) is 4.78. The second kappa shape index (κ2) is 8.59. The van der Waals surface area contributed by atoms with Gasteiger partial charge in [-0.3, -0.25) is 4.79 Å². The first-order valence-corrected chi connectivity index (χ1v) is 9.45. The molecular weight excluding hydrogens is 428 g/mol. The highest BCUT2D eigenvalue weighted by Crippen LogP contribution is 2.27. The van der Waals surface area contributed by atoms with Crippen LogP contribution in [0.4, 0.5) is 0 Å². The topological polar surface area (TPSA) is 70.2 Å². The van der Waals surface area contributed by atoms with Crippen LogP contribution in [0.15, 0.2) is 46.9 Å². The average Bonchev–Trinajstić information content (AvgIpc) is 2.98. The third-order valence-electron chi connectivity index (χ3n) is 4.04. The maximum absolute atomic E-state index is 12.7. The van der Waals surface area contributed by atoms with E-state index in [0.29, 0.717) is 16.3 Å². The number of carboxylic acids is 1. The van der Waals surface area contributed by atoms with Crippen molar-refractivity contribution >= 4 is 69.5 Å². The number of aromatic nitrogens is 1. The lowest BCUT2D eigenvalue weighted by molar-refractivity contribution is -0.136. The summed E-state index contributed by atoms with van der Waals surface area (Å²) in [5, 5.41) is 10.2. The Balaban J connectivity index is 1.96. The molecular formula is C20H15BBrClNO3. The zero-order valence-corrected chi connectivity index (χ0v) is 16.5. The normalized spacial score (nSPS) is 11.2. The molecule has 3 aromatic rings. The van der Waals surface area contributed by atoms with Crippen LogP contribution in [-0.4, -0.2) is 29.0 Å². The molecule has 0 saturated heterocycles. The highest BCUT2D eigenvalue weighted by molar-refractivity contribution is 9.10. The summed E-state index contributed by atoms with van der Waals surface area (Å²) in [7, 11) is 1.43. The van der Waals surface area contributed by atoms with Crippen molar-refractivity contribution in [3.63, 3.8) is 0 Å². The van der Waals surface area contributed by atoms with E-state index in [0.717, 1.165) is 20.9 Å². The maximum Gasteiger partial charge on any atom is 0.302 e. The highest BCUT2D eigenvalue weighted by atomic mass is 79.9. The average molecular weight is 444 g/mol. The number of carboxylic acid groups (broad SMARTS) is 1. The first kappa shape index (κ1) is 19.5. The minimum atomic E-state index is -0.926. The van der Waals surface area contributed by atoms with E-state index >= 15 is 0 Å². The van der Waals surface area contributed by atoms with E-state index < -0.39 is 5.97 Å². The van der Waals surface area contributed by atoms with E-state index in [4.69, 9.17) is 16.7 Å². The van der Waals surface area contributed by atoms with E-state index in [-0.39, 0.29) is 18.4 Å². The Kier molecular flexibility index (Phi) is 6.19. The summed E-state index contributed by atoms with van der Waals surface area (Å²) in [6.45, 7) is 0. The molecule has 2 aromatic carbocycles. The number of aromatic amines is 1. The zero-order chi connectivity index (χ0) is 19.4. The number of hydrogen-bond acceptors (Lipinski definition) is 2. The molecule has 0 aliphatic heterocycles. The number of aliphatic carboxylic acids is 1. The fourth-order valence-electron chi connectivity index (χ4n) is 2.76. The predicted molar refractivity (Wildman–Crippen MR) is 114 cm³/mol. The monoisotopic (exact) mass is 442 g/mol. The van der Waals surface area contributed by atoms with Crippen molar-refractivity contribution in [3.8, 4) is 0 Å². The molecule has 27 heavy (non-hydrogen) atoms. The van der Waals surface area contributed by atoms with Crippen LogP contribution < -0.4 is 0 Å². The Morgan fingerprint density at radius 3 is 2.59 bits per heavy atom. The molecule has 0 amide bonds. The van der Waals surface area contributed by atoms with E-state index in [1.165, 1.54) is 7.28 Å². The number of hydrogen-bond donors (Lipinski definition) is 2. The highest BCUT2D eigenvalue weighted by Gasteiger charge is 2.18. The van der Waals surface area contributed by atoms with Crippen molar-refractivity contribution in [1.29, 1.82) is 0 Å². The Morgan fingerprint density at radius 1 is 1.15 bits per heavy atom. The maximum atomic E-state index is 12.7. The van der Waals surface area contributed by atoms with Gasteiger partial charge in [0.15, 0.2) is 0 Å². The van der Waals surface area contributed by atoms with Gasteiger partial charge in [-0.2, -0.15) is 0 Å². The fourth-order valence-corrected chi connectivity index (χ4v) is 3.25. The van der Waals surface area contributed by atoms with Gasteiger partial charge in [0.25, 0.3) is 0 Å². The van der Waals surface area contributed by atoms with Crippen LogP contribution in [0.2, 0.25) is 11.3 Å². The summed E-state index contributed by atoms with van der Waals surface area (Å²) in [6.07, 6.45) is 3.85. The lowest BCUT2D eigenvalue weighted by Crippen LogP contribution is -2.11. The molecule has 1 aromatic heterocycles. The van der Waals surface area contributed by atoms with Gasteiger partial charge in [0, 0.05) is 38.1 Å². The molecule has 0 fully saturated rings. The summed E-state index contributed by atoms with van der Waals surface area (Å²) in [5.41, 5.74) is 2.80. The summed E-state index contributed by atoms with van der Waals surface area (Å²) in [6, 6.07) is 13.0. The molecule has 0 atom stereocenters. The Morgan fingerprint density at radius 2 is 1.89 bits per heavy atom. The quantitative estimate of drug-likeness (QED) is 0.474.